The molecule has 2 aliphatic rings. The highest BCUT2D eigenvalue weighted by Crippen LogP contribution is 2.40. The number of rotatable bonds is 10. The Morgan fingerprint density at radius 2 is 1.85 bits per heavy atom. The van der Waals surface area contributed by atoms with E-state index in [1.807, 2.05) is 12.2 Å². The first kappa shape index (κ1) is 24.5. The van der Waals surface area contributed by atoms with Gasteiger partial charge in [-0.05, 0) is 85.0 Å². The van der Waals surface area contributed by atoms with E-state index >= 15 is 0 Å². The fourth-order valence-corrected chi connectivity index (χ4v) is 4.65. The molecule has 1 nitrogen and oxygen atoms in total. The van der Waals surface area contributed by atoms with E-state index < -0.39 is 0 Å². The molecule has 33 heavy (non-hydrogen) atoms. The second kappa shape index (κ2) is 12.2. The Labute approximate surface area is 200 Å². The lowest BCUT2D eigenvalue weighted by Crippen LogP contribution is -2.05. The number of hydrogen-bond donors (Lipinski definition) is 0. The summed E-state index contributed by atoms with van der Waals surface area (Å²) in [7, 11) is 0. The van der Waals surface area contributed by atoms with E-state index in [2.05, 4.69) is 87.2 Å². The third-order valence-corrected chi connectivity index (χ3v) is 6.36. The highest BCUT2D eigenvalue weighted by molar-refractivity contribution is 5.97. The lowest BCUT2D eigenvalue weighted by atomic mass is 9.89. The smallest absolute Gasteiger partial charge is 0.156 e. The van der Waals surface area contributed by atoms with Gasteiger partial charge in [0.1, 0.15) is 0 Å². The van der Waals surface area contributed by atoms with Gasteiger partial charge >= 0.3 is 0 Å². The minimum absolute atomic E-state index is 0.193. The van der Waals surface area contributed by atoms with E-state index in [-0.39, 0.29) is 5.78 Å². The topological polar surface area (TPSA) is 17.1 Å². The fourth-order valence-electron chi connectivity index (χ4n) is 4.65. The van der Waals surface area contributed by atoms with Crippen molar-refractivity contribution in [1.82, 2.24) is 0 Å². The summed E-state index contributed by atoms with van der Waals surface area (Å²) < 4.78 is 0. The van der Waals surface area contributed by atoms with Gasteiger partial charge in [0.15, 0.2) is 5.78 Å². The van der Waals surface area contributed by atoms with E-state index in [0.717, 1.165) is 31.3 Å². The Morgan fingerprint density at radius 3 is 2.52 bits per heavy atom. The van der Waals surface area contributed by atoms with E-state index in [0.29, 0.717) is 12.3 Å². The van der Waals surface area contributed by atoms with Crippen LogP contribution in [0, 0.1) is 5.92 Å². The molecule has 0 radical (unpaired) electrons. The molecule has 0 amide bonds. The van der Waals surface area contributed by atoms with Crippen LogP contribution < -0.4 is 0 Å². The zero-order valence-corrected chi connectivity index (χ0v) is 20.3. The van der Waals surface area contributed by atoms with Gasteiger partial charge in [-0.25, -0.2) is 0 Å². The summed E-state index contributed by atoms with van der Waals surface area (Å²) in [6, 6.07) is 10.6. The molecule has 0 aliphatic heterocycles. The average Bonchev–Trinajstić information content (AvgIpc) is 3.13. The molecule has 170 valence electrons. The van der Waals surface area contributed by atoms with Crippen molar-refractivity contribution in [2.75, 3.05) is 0 Å². The summed E-state index contributed by atoms with van der Waals surface area (Å²) in [6.07, 6.45) is 23.8. The van der Waals surface area contributed by atoms with E-state index in [1.54, 1.807) is 13.0 Å². The van der Waals surface area contributed by atoms with E-state index in [4.69, 9.17) is 0 Å². The molecule has 0 spiro atoms. The van der Waals surface area contributed by atoms with Gasteiger partial charge in [0.2, 0.25) is 0 Å². The first-order valence-electron chi connectivity index (χ1n) is 12.0. The van der Waals surface area contributed by atoms with Crippen LogP contribution in [-0.2, 0) is 11.2 Å². The van der Waals surface area contributed by atoms with Gasteiger partial charge in [-0.15, -0.1) is 0 Å². The van der Waals surface area contributed by atoms with Crippen LogP contribution >= 0.6 is 0 Å². The molecule has 0 heterocycles. The number of benzene rings is 1. The summed E-state index contributed by atoms with van der Waals surface area (Å²) in [5, 5.41) is 0. The molecule has 0 fully saturated rings. The molecule has 2 aliphatic carbocycles. The van der Waals surface area contributed by atoms with Gasteiger partial charge in [0.05, 0.1) is 0 Å². The van der Waals surface area contributed by atoms with Crippen LogP contribution in [-0.4, -0.2) is 5.78 Å². The molecular weight excluding hydrogens is 400 g/mol. The van der Waals surface area contributed by atoms with E-state index in [9.17, 15) is 4.79 Å². The van der Waals surface area contributed by atoms with Crippen molar-refractivity contribution in [1.29, 1.82) is 0 Å². The Morgan fingerprint density at radius 1 is 1.06 bits per heavy atom. The van der Waals surface area contributed by atoms with Crippen molar-refractivity contribution in [2.45, 2.75) is 52.9 Å². The SMILES string of the molecule is C=C\C=C/C=C/C(=C\C1=CCCC=C1)C1=C(C)C(CC(C)Cc2ccccc2)=C(C(C)=O)C1. The van der Waals surface area contributed by atoms with Gasteiger partial charge in [-0.1, -0.05) is 92.4 Å². The zero-order chi connectivity index (χ0) is 23.6. The third kappa shape index (κ3) is 6.89. The second-order valence-electron chi connectivity index (χ2n) is 9.06. The second-order valence-corrected chi connectivity index (χ2v) is 9.06. The Balaban J connectivity index is 1.92. The van der Waals surface area contributed by atoms with Crippen molar-refractivity contribution in [3.8, 4) is 0 Å². The molecule has 1 atom stereocenters. The van der Waals surface area contributed by atoms with Crippen LogP contribution in [0.15, 0.2) is 125 Å². The van der Waals surface area contributed by atoms with Gasteiger partial charge < -0.3 is 0 Å². The van der Waals surface area contributed by atoms with Crippen LogP contribution in [0.3, 0.4) is 0 Å². The monoisotopic (exact) mass is 436 g/mol. The largest absolute Gasteiger partial charge is 0.295 e. The maximum Gasteiger partial charge on any atom is 0.156 e. The Bertz CT molecular complexity index is 1080. The first-order chi connectivity index (χ1) is 16.0. The summed E-state index contributed by atoms with van der Waals surface area (Å²) in [6.45, 7) is 9.95. The van der Waals surface area contributed by atoms with Crippen LogP contribution in [0.25, 0.3) is 0 Å². The minimum atomic E-state index is 0.193. The molecule has 0 N–H and O–H groups in total. The van der Waals surface area contributed by atoms with Crippen LogP contribution in [0.2, 0.25) is 0 Å². The number of allylic oxidation sites excluding steroid dienone is 15. The molecule has 1 unspecified atom stereocenters. The van der Waals surface area contributed by atoms with Crippen LogP contribution in [0.4, 0.5) is 0 Å². The Kier molecular flexibility index (Phi) is 9.01. The van der Waals surface area contributed by atoms with Crippen molar-refractivity contribution in [3.05, 3.63) is 131 Å². The molecule has 0 saturated carbocycles. The molecule has 3 rings (SSSR count). The third-order valence-electron chi connectivity index (χ3n) is 6.36. The number of carbonyl (C=O) groups is 1. The van der Waals surface area contributed by atoms with Gasteiger partial charge in [-0.3, -0.25) is 4.79 Å². The fraction of sp³-hybridized carbons (Fsp3) is 0.281. The van der Waals surface area contributed by atoms with E-state index in [1.165, 1.54) is 33.4 Å². The lowest BCUT2D eigenvalue weighted by molar-refractivity contribution is -0.113. The molecule has 1 aromatic rings. The number of hydrogen-bond acceptors (Lipinski definition) is 1. The predicted molar refractivity (Wildman–Crippen MR) is 142 cm³/mol. The summed E-state index contributed by atoms with van der Waals surface area (Å²) in [5.41, 5.74) is 8.54. The maximum atomic E-state index is 12.6. The number of ketones is 1. The zero-order valence-electron chi connectivity index (χ0n) is 20.3. The molecule has 0 saturated heterocycles. The highest BCUT2D eigenvalue weighted by atomic mass is 16.1. The maximum absolute atomic E-state index is 12.6. The first-order valence-corrected chi connectivity index (χ1v) is 12.0. The van der Waals surface area contributed by atoms with Crippen molar-refractivity contribution < 1.29 is 4.79 Å². The van der Waals surface area contributed by atoms with Crippen LogP contribution in [0.1, 0.15) is 52.0 Å². The molecule has 1 aromatic carbocycles. The van der Waals surface area contributed by atoms with Gasteiger partial charge in [0, 0.05) is 12.0 Å². The Hall–Kier alpha value is -3.19. The summed E-state index contributed by atoms with van der Waals surface area (Å²) in [5.74, 6) is 0.659. The summed E-state index contributed by atoms with van der Waals surface area (Å²) >= 11 is 0. The van der Waals surface area contributed by atoms with Crippen molar-refractivity contribution >= 4 is 5.78 Å². The molecule has 0 bridgehead atoms. The number of carbonyl (C=O) groups excluding carboxylic acids is 1. The molecule has 0 aromatic heterocycles. The lowest BCUT2D eigenvalue weighted by Gasteiger charge is -2.15. The minimum Gasteiger partial charge on any atom is -0.295 e. The molecule has 1 heteroatoms. The highest BCUT2D eigenvalue weighted by Gasteiger charge is 2.26. The van der Waals surface area contributed by atoms with Crippen LogP contribution in [0.5, 0.6) is 0 Å². The van der Waals surface area contributed by atoms with Gasteiger partial charge in [0.25, 0.3) is 0 Å². The van der Waals surface area contributed by atoms with Crippen molar-refractivity contribution in [3.63, 3.8) is 0 Å². The molecular formula is C32H36O. The summed E-state index contributed by atoms with van der Waals surface area (Å²) in [4.78, 5) is 12.6. The normalized spacial score (nSPS) is 17.9. The number of Topliss-reactive ketones (excluding diaryl/α,β-unsaturated/α-hetero) is 1. The quantitative estimate of drug-likeness (QED) is 0.337. The van der Waals surface area contributed by atoms with Gasteiger partial charge in [-0.2, -0.15) is 0 Å². The predicted octanol–water partition coefficient (Wildman–Crippen LogP) is 8.36. The average molecular weight is 437 g/mol. The van der Waals surface area contributed by atoms with Crippen molar-refractivity contribution in [2.24, 2.45) is 5.92 Å². The standard InChI is InChI=1S/C32H36O/c1-5-6-7-14-19-29(22-28-17-12-9-13-18-28)30-23-32(26(4)33)31(25(30)3)21-24(2)20-27-15-10-8-11-16-27/h5-8,10-12,14-19,22,24H,1,9,13,20-21,23H2,2-4H3/b7-6-,19-14+,29-22+.